The molecule has 6 aromatic heterocycles. The summed E-state index contributed by atoms with van der Waals surface area (Å²) in [6, 6.07) is 15.9. The molecule has 0 unspecified atom stereocenters. The normalized spacial score (nSPS) is 17.0. The maximum absolute atomic E-state index is 13.4. The first kappa shape index (κ1) is 88.2. The Hall–Kier alpha value is -11.6. The minimum absolute atomic E-state index is 0.0328. The van der Waals surface area contributed by atoms with Gasteiger partial charge in [0.25, 0.3) is 0 Å². The van der Waals surface area contributed by atoms with Gasteiger partial charge in [0.05, 0.1) is 22.7 Å². The molecule has 9 amide bonds. The van der Waals surface area contributed by atoms with Crippen molar-refractivity contribution >= 4 is 89.6 Å². The van der Waals surface area contributed by atoms with Gasteiger partial charge >= 0.3 is 18.1 Å². The molecule has 119 heavy (non-hydrogen) atoms. The lowest BCUT2D eigenvalue weighted by atomic mass is 9.96. The van der Waals surface area contributed by atoms with Gasteiger partial charge in [-0.3, -0.25) is 64.3 Å². The van der Waals surface area contributed by atoms with Gasteiger partial charge in [-0.25, -0.2) is 44.3 Å². The van der Waals surface area contributed by atoms with Gasteiger partial charge < -0.3 is 38.4 Å². The molecule has 7 aliphatic heterocycles. The molecule has 0 radical (unpaired) electrons. The van der Waals surface area contributed by atoms with E-state index in [-0.39, 0.29) is 72.3 Å². The van der Waals surface area contributed by atoms with E-state index >= 15 is 0 Å². The number of likely N-dealkylation sites (N-methyl/N-ethyl adjacent to an activating group) is 2. The van der Waals surface area contributed by atoms with E-state index in [1.165, 1.54) is 33.3 Å². The predicted octanol–water partition coefficient (Wildman–Crippen LogP) is 9.39. The third kappa shape index (κ3) is 22.6. The highest BCUT2D eigenvalue weighted by Crippen LogP contribution is 2.34. The Kier molecular flexibility index (Phi) is 32.0. The molecule has 2 atom stereocenters. The van der Waals surface area contributed by atoms with Crippen molar-refractivity contribution in [1.82, 2.24) is 49.5 Å². The van der Waals surface area contributed by atoms with Crippen LogP contribution in [0.4, 0.5) is 49.3 Å². The van der Waals surface area contributed by atoms with Crippen LogP contribution in [-0.4, -0.2) is 231 Å². The van der Waals surface area contributed by atoms with E-state index in [1.54, 1.807) is 68.3 Å². The van der Waals surface area contributed by atoms with E-state index < -0.39 is 18.1 Å². The number of urea groups is 3. The van der Waals surface area contributed by atoms with Crippen LogP contribution in [0.3, 0.4) is 0 Å². The largest absolute Gasteiger partial charge is 0.385 e. The Morgan fingerprint density at radius 3 is 1.21 bits per heavy atom. The minimum Gasteiger partial charge on any atom is -0.385 e. The van der Waals surface area contributed by atoms with Crippen molar-refractivity contribution in [2.45, 2.75) is 148 Å². The van der Waals surface area contributed by atoms with Gasteiger partial charge in [0, 0.05) is 175 Å². The Morgan fingerprint density at radius 2 is 0.857 bits per heavy atom. The summed E-state index contributed by atoms with van der Waals surface area (Å²) >= 11 is 0. The van der Waals surface area contributed by atoms with Gasteiger partial charge in [-0.05, 0) is 204 Å². The molecule has 13 rings (SSSR count). The topological polar surface area (TPSA) is 407 Å². The Morgan fingerprint density at radius 1 is 0.487 bits per heavy atom. The number of nitriles is 3. The number of hydrogen-bond acceptors (Lipinski definition) is 24. The second-order valence-corrected chi connectivity index (χ2v) is 30.7. The zero-order valence-electron chi connectivity index (χ0n) is 68.7. The number of aldehydes is 3. The van der Waals surface area contributed by atoms with Crippen LogP contribution >= 0.6 is 0 Å². The number of pyridine rings is 6. The van der Waals surface area contributed by atoms with Crippen molar-refractivity contribution in [3.05, 3.63) is 139 Å². The summed E-state index contributed by atoms with van der Waals surface area (Å²) in [5.74, 6) is 2.61. The highest BCUT2D eigenvalue weighted by atomic mass is 16.5. The standard InChI is InChI=1S/C29H37N7O4.C29H34N6O5.C28H34N6O5/c1-4-35-11-6-10-25(35)28(38)34(2)18-22-14-21-8-5-12-36(27(21)32-24(22)19-37)29(39)33-26-15-20(9-7-13-40-3)23(16-30)17-31-26;1-34(28(37)20-5-9-39-10-6-20)16-23-12-21-3-2-7-35(27(21)32-25(23)17-36)29(38)33-26-13-22(24(14-30)15-31-26)11-19-4-8-40-18-19;1-33(27(36)19-7-11-39-12-8-19)17-22-13-21-5-3-9-34(26(21)31-24(22)18-35)28(37)32-25-14-20(6-4-10-38-2)23(15-29)16-30-25/h14-15,17,19,25H,4-13,18H2,1-3H3,(H,31,33,39);12-13,15,17,19-20H,2-11,16,18H2,1H3,(H,31,33,38);13-14,16,18-19H,3-12,17H2,1-2H3,(H,30,32,37)/t25-;19-;/m11./s1. The van der Waals surface area contributed by atoms with Crippen molar-refractivity contribution in [2.75, 3.05) is 152 Å². The summed E-state index contributed by atoms with van der Waals surface area (Å²) in [5, 5.41) is 36.8. The fourth-order valence-electron chi connectivity index (χ4n) is 16.2. The maximum Gasteiger partial charge on any atom is 0.328 e. The lowest BCUT2D eigenvalue weighted by Gasteiger charge is -2.30. The molecule has 13 heterocycles. The number of hydrogen-bond donors (Lipinski definition) is 3. The van der Waals surface area contributed by atoms with E-state index in [4.69, 9.17) is 23.7 Å². The predicted molar refractivity (Wildman–Crippen MR) is 440 cm³/mol. The summed E-state index contributed by atoms with van der Waals surface area (Å²) in [6.07, 6.45) is 19.7. The van der Waals surface area contributed by atoms with Gasteiger partial charge in [0.1, 0.15) is 70.2 Å². The molecule has 6 aromatic rings. The first-order valence-corrected chi connectivity index (χ1v) is 40.9. The summed E-state index contributed by atoms with van der Waals surface area (Å²) in [6.45, 7) is 10.7. The third-order valence-electron chi connectivity index (χ3n) is 22.6. The number of nitrogens with one attached hydrogen (secondary N) is 3. The highest BCUT2D eigenvalue weighted by Gasteiger charge is 2.36. The van der Waals surface area contributed by atoms with Crippen molar-refractivity contribution in [3.8, 4) is 18.2 Å². The average molecular weight is 1630 g/mol. The first-order chi connectivity index (χ1) is 57.8. The molecule has 0 saturated carbocycles. The molecule has 3 N–H and O–H groups in total. The molecule has 0 aromatic carbocycles. The molecule has 0 bridgehead atoms. The Labute approximate surface area is 693 Å². The number of nitrogens with zero attached hydrogens (tertiary/aromatic N) is 16. The summed E-state index contributed by atoms with van der Waals surface area (Å²) in [7, 11) is 8.49. The first-order valence-electron chi connectivity index (χ1n) is 40.9. The molecule has 33 nitrogen and oxygen atoms in total. The van der Waals surface area contributed by atoms with Gasteiger partial charge in [-0.1, -0.05) is 6.92 Å². The Balaban J connectivity index is 0.000000175. The van der Waals surface area contributed by atoms with E-state index in [1.807, 2.05) is 18.2 Å². The van der Waals surface area contributed by atoms with Gasteiger partial charge in [-0.15, -0.1) is 0 Å². The summed E-state index contributed by atoms with van der Waals surface area (Å²) in [4.78, 5) is 153. The van der Waals surface area contributed by atoms with E-state index in [9.17, 15) is 58.9 Å². The molecular weight excluding hydrogens is 1520 g/mol. The minimum atomic E-state index is -0.417. The quantitative estimate of drug-likeness (QED) is 0.0336. The molecule has 0 aliphatic carbocycles. The van der Waals surface area contributed by atoms with Crippen LogP contribution in [0.1, 0.15) is 182 Å². The number of fused-ring (bicyclic) bond motifs is 3. The Bertz CT molecular complexity index is 4800. The van der Waals surface area contributed by atoms with Gasteiger partial charge in [0.2, 0.25) is 17.7 Å². The van der Waals surface area contributed by atoms with E-state index in [0.717, 1.165) is 104 Å². The van der Waals surface area contributed by atoms with Crippen LogP contribution < -0.4 is 30.7 Å². The van der Waals surface area contributed by atoms with Crippen molar-refractivity contribution in [1.29, 1.82) is 15.8 Å². The molecule has 4 saturated heterocycles. The van der Waals surface area contributed by atoms with Gasteiger partial charge in [0.15, 0.2) is 18.9 Å². The summed E-state index contributed by atoms with van der Waals surface area (Å²) < 4.78 is 26.4. The van der Waals surface area contributed by atoms with Crippen LogP contribution in [-0.2, 0) is 96.2 Å². The number of aryl methyl sites for hydroxylation is 5. The molecule has 7 aliphatic rings. The number of methoxy groups -OCH3 is 2. The van der Waals surface area contributed by atoms with Crippen LogP contribution in [0.2, 0.25) is 0 Å². The number of carbonyl (C=O) groups excluding carboxylic acids is 9. The summed E-state index contributed by atoms with van der Waals surface area (Å²) in [5.41, 5.74) is 8.96. The lowest BCUT2D eigenvalue weighted by Crippen LogP contribution is -2.44. The van der Waals surface area contributed by atoms with E-state index in [0.29, 0.717) is 223 Å². The van der Waals surface area contributed by atoms with Gasteiger partial charge in [-0.2, -0.15) is 15.8 Å². The molecule has 33 heteroatoms. The SMILES string of the molecule is CCN1CCC[C@@H]1C(=O)N(C)Cc1cc2c(nc1C=O)N(C(=O)Nc1cc(CCCOC)c(C#N)cn1)CCC2.CN(Cc1cc2c(nc1C=O)N(C(=O)Nc1cc(C[C@H]3CCOC3)c(C#N)cn1)CCC2)C(=O)C1CCOCC1.COCCCc1cc(NC(=O)N2CCCc3cc(CN(C)C(=O)C4CCOCC4)c(C=O)nc32)ncc1C#N. The van der Waals surface area contributed by atoms with Crippen LogP contribution in [0.15, 0.2) is 55.0 Å². The van der Waals surface area contributed by atoms with E-state index in [2.05, 4.69) is 75.9 Å². The molecule has 628 valence electrons. The van der Waals surface area contributed by atoms with Crippen LogP contribution in [0.5, 0.6) is 0 Å². The number of amides is 9. The number of likely N-dealkylation sites (tertiary alicyclic amines) is 1. The number of ether oxygens (including phenoxy) is 5. The monoisotopic (exact) mass is 1630 g/mol. The number of anilines is 6. The molecule has 0 spiro atoms. The highest BCUT2D eigenvalue weighted by molar-refractivity contribution is 6.03. The van der Waals surface area contributed by atoms with Crippen molar-refractivity contribution in [3.63, 3.8) is 0 Å². The fraction of sp³-hybridized carbons (Fsp3) is 0.512. The zero-order chi connectivity index (χ0) is 84.5. The fourth-order valence-corrected chi connectivity index (χ4v) is 16.2. The number of rotatable bonds is 26. The van der Waals surface area contributed by atoms with Crippen LogP contribution in [0.25, 0.3) is 0 Å². The third-order valence-corrected chi connectivity index (χ3v) is 22.6. The number of carbonyl (C=O) groups is 9. The zero-order valence-corrected chi connectivity index (χ0v) is 68.7. The average Bonchev–Trinajstić information content (AvgIpc) is 0.983. The molecule has 4 fully saturated rings. The number of aromatic nitrogens is 6. The maximum atomic E-state index is 13.4. The molecular formula is C86H105N19O14. The smallest absolute Gasteiger partial charge is 0.328 e. The second kappa shape index (κ2) is 43.2. The van der Waals surface area contributed by atoms with Crippen molar-refractivity contribution < 1.29 is 66.8 Å². The van der Waals surface area contributed by atoms with Crippen LogP contribution in [0, 0.1) is 51.7 Å². The second-order valence-electron chi connectivity index (χ2n) is 30.7. The lowest BCUT2D eigenvalue weighted by molar-refractivity contribution is -0.138. The van der Waals surface area contributed by atoms with Crippen molar-refractivity contribution in [2.24, 2.45) is 17.8 Å².